The summed E-state index contributed by atoms with van der Waals surface area (Å²) in [6, 6.07) is 11.8. The molecule has 2 aromatic heterocycles. The Hall–Kier alpha value is -1.97. The van der Waals surface area contributed by atoms with Crippen LogP contribution in [0.4, 0.5) is 0 Å². The predicted octanol–water partition coefficient (Wildman–Crippen LogP) is 3.67. The Labute approximate surface area is 124 Å². The number of benzene rings is 1. The minimum atomic E-state index is 0.571. The summed E-state index contributed by atoms with van der Waals surface area (Å²) in [5.74, 6) is 0.830. The van der Waals surface area contributed by atoms with Crippen LogP contribution in [-0.4, -0.2) is 14.3 Å². The second-order valence-electron chi connectivity index (χ2n) is 4.08. The molecule has 0 radical (unpaired) electrons. The summed E-state index contributed by atoms with van der Waals surface area (Å²) in [6.45, 7) is 2.02. The summed E-state index contributed by atoms with van der Waals surface area (Å²) in [6.07, 6.45) is 0.813. The molecular weight excluding hydrogens is 288 g/mol. The van der Waals surface area contributed by atoms with Gasteiger partial charge in [0.1, 0.15) is 16.9 Å². The van der Waals surface area contributed by atoms with Crippen molar-refractivity contribution < 1.29 is 0 Å². The topological polar surface area (TPSA) is 62.5 Å². The zero-order valence-corrected chi connectivity index (χ0v) is 12.3. The number of rotatable bonds is 3. The van der Waals surface area contributed by atoms with E-state index in [1.165, 1.54) is 23.3 Å². The van der Waals surface area contributed by atoms with Crippen LogP contribution in [0.15, 0.2) is 39.7 Å². The highest BCUT2D eigenvalue weighted by molar-refractivity contribution is 8.00. The Kier molecular flexibility index (Phi) is 3.63. The highest BCUT2D eigenvalue weighted by atomic mass is 32.2. The largest absolute Gasteiger partial charge is 0.240 e. The van der Waals surface area contributed by atoms with E-state index in [1.807, 2.05) is 37.3 Å². The van der Waals surface area contributed by atoms with Crippen molar-refractivity contribution in [2.75, 3.05) is 0 Å². The standard InChI is InChI=1S/C14H10N4S2/c1-2-12-17-14(20-18-12)19-13-10(8-15)7-9-5-3-4-6-11(9)16-13/h3-7H,2H2,1H3. The normalized spacial score (nSPS) is 10.6. The Morgan fingerprint density at radius 1 is 1.30 bits per heavy atom. The van der Waals surface area contributed by atoms with Gasteiger partial charge in [0.25, 0.3) is 0 Å². The Bertz CT molecular complexity index is 804. The van der Waals surface area contributed by atoms with Gasteiger partial charge < -0.3 is 0 Å². The molecule has 2 heterocycles. The lowest BCUT2D eigenvalue weighted by Crippen LogP contribution is -1.89. The van der Waals surface area contributed by atoms with Crippen molar-refractivity contribution in [3.8, 4) is 6.07 Å². The molecule has 0 bridgehead atoms. The summed E-state index contributed by atoms with van der Waals surface area (Å²) in [5.41, 5.74) is 1.45. The molecular formula is C14H10N4S2. The average molecular weight is 298 g/mol. The van der Waals surface area contributed by atoms with Crippen LogP contribution in [0.3, 0.4) is 0 Å². The minimum absolute atomic E-state index is 0.571. The van der Waals surface area contributed by atoms with Gasteiger partial charge in [-0.3, -0.25) is 0 Å². The smallest absolute Gasteiger partial charge is 0.176 e. The molecule has 0 amide bonds. The molecule has 0 aliphatic carbocycles. The lowest BCUT2D eigenvalue weighted by molar-refractivity contribution is 0.970. The monoisotopic (exact) mass is 298 g/mol. The average Bonchev–Trinajstić information content (AvgIpc) is 2.94. The van der Waals surface area contributed by atoms with E-state index in [9.17, 15) is 5.26 Å². The summed E-state index contributed by atoms with van der Waals surface area (Å²) in [7, 11) is 0. The van der Waals surface area contributed by atoms with E-state index in [0.29, 0.717) is 10.6 Å². The van der Waals surface area contributed by atoms with Crippen molar-refractivity contribution in [1.82, 2.24) is 14.3 Å². The molecule has 0 saturated heterocycles. The van der Waals surface area contributed by atoms with Gasteiger partial charge in [0.05, 0.1) is 11.1 Å². The summed E-state index contributed by atoms with van der Waals surface area (Å²) < 4.78 is 5.07. The van der Waals surface area contributed by atoms with E-state index in [-0.39, 0.29) is 0 Å². The van der Waals surface area contributed by atoms with Crippen molar-refractivity contribution in [1.29, 1.82) is 5.26 Å². The van der Waals surface area contributed by atoms with Crippen LogP contribution in [-0.2, 0) is 6.42 Å². The number of nitrogens with zero attached hydrogens (tertiary/aromatic N) is 4. The molecule has 20 heavy (non-hydrogen) atoms. The number of nitriles is 1. The molecule has 0 saturated carbocycles. The molecule has 3 rings (SSSR count). The maximum Gasteiger partial charge on any atom is 0.176 e. The van der Waals surface area contributed by atoms with Crippen LogP contribution in [0.25, 0.3) is 10.9 Å². The zero-order valence-electron chi connectivity index (χ0n) is 10.7. The van der Waals surface area contributed by atoms with E-state index < -0.39 is 0 Å². The molecule has 3 aromatic rings. The molecule has 0 atom stereocenters. The zero-order chi connectivity index (χ0) is 13.9. The molecule has 98 valence electrons. The van der Waals surface area contributed by atoms with Crippen LogP contribution >= 0.6 is 23.3 Å². The Morgan fingerprint density at radius 2 is 2.15 bits per heavy atom. The second kappa shape index (κ2) is 5.57. The quantitative estimate of drug-likeness (QED) is 0.738. The molecule has 0 unspecified atom stereocenters. The number of hydrogen-bond donors (Lipinski definition) is 0. The van der Waals surface area contributed by atoms with Gasteiger partial charge in [-0.05, 0) is 35.4 Å². The molecule has 6 heteroatoms. The van der Waals surface area contributed by atoms with E-state index in [4.69, 9.17) is 0 Å². The molecule has 4 nitrogen and oxygen atoms in total. The van der Waals surface area contributed by atoms with E-state index in [2.05, 4.69) is 20.4 Å². The number of para-hydroxylation sites is 1. The van der Waals surface area contributed by atoms with Crippen molar-refractivity contribution in [2.24, 2.45) is 0 Å². The van der Waals surface area contributed by atoms with Gasteiger partial charge >= 0.3 is 0 Å². The number of pyridine rings is 1. The lowest BCUT2D eigenvalue weighted by Gasteiger charge is -2.03. The van der Waals surface area contributed by atoms with Gasteiger partial charge in [0.15, 0.2) is 4.34 Å². The first-order valence-corrected chi connectivity index (χ1v) is 7.69. The number of aryl methyl sites for hydroxylation is 1. The first-order chi connectivity index (χ1) is 9.80. The lowest BCUT2D eigenvalue weighted by atomic mass is 10.2. The first kappa shape index (κ1) is 13.0. The predicted molar refractivity (Wildman–Crippen MR) is 79.9 cm³/mol. The third-order valence-corrected chi connectivity index (χ3v) is 4.55. The highest BCUT2D eigenvalue weighted by Crippen LogP contribution is 2.31. The molecule has 0 aliphatic rings. The fourth-order valence-corrected chi connectivity index (χ4v) is 3.43. The van der Waals surface area contributed by atoms with Gasteiger partial charge in [-0.25, -0.2) is 9.97 Å². The van der Waals surface area contributed by atoms with Crippen molar-refractivity contribution >= 4 is 34.2 Å². The fraction of sp³-hybridized carbons (Fsp3) is 0.143. The van der Waals surface area contributed by atoms with Crippen LogP contribution in [0.5, 0.6) is 0 Å². The SMILES string of the molecule is CCc1nsc(Sc2nc3ccccc3cc2C#N)n1. The molecule has 1 aromatic carbocycles. The third kappa shape index (κ3) is 2.50. The van der Waals surface area contributed by atoms with Crippen LogP contribution in [0, 0.1) is 11.3 Å². The van der Waals surface area contributed by atoms with Crippen LogP contribution < -0.4 is 0 Å². The van der Waals surface area contributed by atoms with E-state index in [0.717, 1.165) is 27.5 Å². The maximum absolute atomic E-state index is 9.27. The molecule has 0 spiro atoms. The summed E-state index contributed by atoms with van der Waals surface area (Å²) >= 11 is 2.75. The van der Waals surface area contributed by atoms with Crippen molar-refractivity contribution in [3.05, 3.63) is 41.7 Å². The number of fused-ring (bicyclic) bond motifs is 1. The fourth-order valence-electron chi connectivity index (χ4n) is 1.76. The van der Waals surface area contributed by atoms with Crippen LogP contribution in [0.1, 0.15) is 18.3 Å². The van der Waals surface area contributed by atoms with Crippen LogP contribution in [0.2, 0.25) is 0 Å². The van der Waals surface area contributed by atoms with E-state index >= 15 is 0 Å². The first-order valence-electron chi connectivity index (χ1n) is 6.10. The second-order valence-corrected chi connectivity index (χ2v) is 6.07. The molecule has 0 fully saturated rings. The number of hydrogen-bond acceptors (Lipinski definition) is 6. The van der Waals surface area contributed by atoms with E-state index in [1.54, 1.807) is 0 Å². The van der Waals surface area contributed by atoms with Gasteiger partial charge in [0.2, 0.25) is 0 Å². The summed E-state index contributed by atoms with van der Waals surface area (Å²) in [4.78, 5) is 8.96. The van der Waals surface area contributed by atoms with Gasteiger partial charge in [-0.2, -0.15) is 9.64 Å². The van der Waals surface area contributed by atoms with Gasteiger partial charge in [0, 0.05) is 11.8 Å². The molecule has 0 N–H and O–H groups in total. The van der Waals surface area contributed by atoms with Crippen molar-refractivity contribution in [2.45, 2.75) is 22.7 Å². The number of aromatic nitrogens is 3. The maximum atomic E-state index is 9.27. The Balaban J connectivity index is 2.03. The molecule has 0 aliphatic heterocycles. The van der Waals surface area contributed by atoms with Gasteiger partial charge in [-0.1, -0.05) is 25.1 Å². The minimum Gasteiger partial charge on any atom is -0.240 e. The Morgan fingerprint density at radius 3 is 2.90 bits per heavy atom. The highest BCUT2D eigenvalue weighted by Gasteiger charge is 2.11. The third-order valence-electron chi connectivity index (χ3n) is 2.76. The summed E-state index contributed by atoms with van der Waals surface area (Å²) in [5, 5.41) is 10.9. The van der Waals surface area contributed by atoms with Crippen molar-refractivity contribution in [3.63, 3.8) is 0 Å². The van der Waals surface area contributed by atoms with Gasteiger partial charge in [-0.15, -0.1) is 0 Å².